The minimum absolute atomic E-state index is 0.0888. The smallest absolute Gasteiger partial charge is 0.261 e. The molecule has 5 heteroatoms. The van der Waals surface area contributed by atoms with Crippen molar-refractivity contribution in [3.63, 3.8) is 0 Å². The first-order chi connectivity index (χ1) is 6.83. The van der Waals surface area contributed by atoms with Crippen molar-refractivity contribution in [2.24, 2.45) is 0 Å². The van der Waals surface area contributed by atoms with Crippen LogP contribution >= 0.6 is 0 Å². The minimum atomic E-state index is -3.99. The average Bonchev–Trinajstić information content (AvgIpc) is 2.08. The van der Waals surface area contributed by atoms with Crippen LogP contribution in [0.4, 0.5) is 17.6 Å². The zero-order chi connectivity index (χ0) is 11.3. The molecule has 1 aliphatic carbocycles. The number of aryl methyl sites for hydroxylation is 1. The summed E-state index contributed by atoms with van der Waals surface area (Å²) in [4.78, 5) is 3.73. The Kier molecular flexibility index (Phi) is 2.03. The van der Waals surface area contributed by atoms with Crippen LogP contribution < -0.4 is 0 Å². The van der Waals surface area contributed by atoms with Gasteiger partial charge in [0.15, 0.2) is 0 Å². The summed E-state index contributed by atoms with van der Waals surface area (Å²) in [6.45, 7) is 1.63. The summed E-state index contributed by atoms with van der Waals surface area (Å²) in [7, 11) is 0. The highest BCUT2D eigenvalue weighted by molar-refractivity contribution is 5.34. The van der Waals surface area contributed by atoms with Crippen LogP contribution in [0.1, 0.15) is 16.8 Å². The number of pyridine rings is 1. The Bertz CT molecular complexity index is 400. The highest BCUT2D eigenvalue weighted by atomic mass is 19.3. The van der Waals surface area contributed by atoms with Crippen LogP contribution in [0.15, 0.2) is 12.3 Å². The van der Waals surface area contributed by atoms with E-state index >= 15 is 0 Å². The van der Waals surface area contributed by atoms with Crippen LogP contribution in [-0.4, -0.2) is 16.8 Å². The second kappa shape index (κ2) is 2.93. The highest BCUT2D eigenvalue weighted by Gasteiger charge is 2.59. The SMILES string of the molecule is Cc1ccnc2c1CC(F)(F)C(F)(F)C2. The van der Waals surface area contributed by atoms with Gasteiger partial charge in [0.05, 0.1) is 12.1 Å². The Balaban J connectivity index is 2.52. The lowest BCUT2D eigenvalue weighted by Crippen LogP contribution is -2.47. The predicted octanol–water partition coefficient (Wildman–Crippen LogP) is 2.76. The molecule has 1 nitrogen and oxygen atoms in total. The Labute approximate surface area is 84.1 Å². The van der Waals surface area contributed by atoms with E-state index in [9.17, 15) is 17.6 Å². The molecule has 1 aliphatic rings. The Morgan fingerprint density at radius 1 is 1.13 bits per heavy atom. The fourth-order valence-corrected chi connectivity index (χ4v) is 1.73. The Morgan fingerprint density at radius 2 is 1.73 bits per heavy atom. The van der Waals surface area contributed by atoms with Gasteiger partial charge < -0.3 is 0 Å². The van der Waals surface area contributed by atoms with Gasteiger partial charge in [-0.05, 0) is 24.1 Å². The first-order valence-electron chi connectivity index (χ1n) is 4.52. The molecule has 0 fully saturated rings. The van der Waals surface area contributed by atoms with Crippen molar-refractivity contribution >= 4 is 0 Å². The number of hydrogen-bond acceptors (Lipinski definition) is 1. The molecule has 2 rings (SSSR count). The van der Waals surface area contributed by atoms with Crippen LogP contribution in [0.25, 0.3) is 0 Å². The molecule has 0 saturated heterocycles. The van der Waals surface area contributed by atoms with Crippen LogP contribution in [0.5, 0.6) is 0 Å². The molecule has 0 saturated carbocycles. The maximum atomic E-state index is 13.1. The first-order valence-corrected chi connectivity index (χ1v) is 4.52. The number of alkyl halides is 4. The van der Waals surface area contributed by atoms with E-state index in [0.717, 1.165) is 0 Å². The molecule has 0 aromatic carbocycles. The zero-order valence-corrected chi connectivity index (χ0v) is 8.03. The third-order valence-electron chi connectivity index (χ3n) is 2.70. The summed E-state index contributed by atoms with van der Waals surface area (Å²) in [5.41, 5.74) is 0.939. The van der Waals surface area contributed by atoms with Crippen LogP contribution in [0.3, 0.4) is 0 Å². The van der Waals surface area contributed by atoms with Crippen molar-refractivity contribution in [1.29, 1.82) is 0 Å². The van der Waals surface area contributed by atoms with E-state index in [2.05, 4.69) is 4.98 Å². The predicted molar refractivity (Wildman–Crippen MR) is 46.3 cm³/mol. The number of fused-ring (bicyclic) bond motifs is 1. The number of rotatable bonds is 0. The third kappa shape index (κ3) is 1.50. The van der Waals surface area contributed by atoms with Crippen molar-refractivity contribution < 1.29 is 17.6 Å². The summed E-state index contributed by atoms with van der Waals surface area (Å²) >= 11 is 0. The summed E-state index contributed by atoms with van der Waals surface area (Å²) in [5, 5.41) is 0. The van der Waals surface area contributed by atoms with Gasteiger partial charge in [0, 0.05) is 12.6 Å². The number of aromatic nitrogens is 1. The van der Waals surface area contributed by atoms with Crippen LogP contribution in [0, 0.1) is 6.92 Å². The monoisotopic (exact) mass is 219 g/mol. The van der Waals surface area contributed by atoms with E-state index in [1.54, 1.807) is 13.0 Å². The molecule has 0 aliphatic heterocycles. The molecule has 0 bridgehead atoms. The van der Waals surface area contributed by atoms with E-state index in [1.165, 1.54) is 6.20 Å². The van der Waals surface area contributed by atoms with Gasteiger partial charge in [0.25, 0.3) is 0 Å². The summed E-state index contributed by atoms with van der Waals surface area (Å²) in [6, 6.07) is 1.55. The molecule has 15 heavy (non-hydrogen) atoms. The lowest BCUT2D eigenvalue weighted by molar-refractivity contribution is -0.212. The molecule has 0 radical (unpaired) electrons. The zero-order valence-electron chi connectivity index (χ0n) is 8.03. The second-order valence-electron chi connectivity index (χ2n) is 3.82. The van der Waals surface area contributed by atoms with Gasteiger partial charge in [-0.15, -0.1) is 0 Å². The normalized spacial score (nSPS) is 22.2. The molecule has 0 spiro atoms. The Hall–Kier alpha value is -1.13. The van der Waals surface area contributed by atoms with Crippen LogP contribution in [0.2, 0.25) is 0 Å². The standard InChI is InChI=1S/C10H9F4N/c1-6-2-3-15-8-5-10(13,14)9(11,12)4-7(6)8/h2-3H,4-5H2,1H3. The van der Waals surface area contributed by atoms with Crippen molar-refractivity contribution in [2.45, 2.75) is 31.6 Å². The maximum absolute atomic E-state index is 13.1. The van der Waals surface area contributed by atoms with Gasteiger partial charge in [-0.3, -0.25) is 4.98 Å². The van der Waals surface area contributed by atoms with Gasteiger partial charge in [-0.1, -0.05) is 0 Å². The quantitative estimate of drug-likeness (QED) is 0.611. The molecular formula is C10H9F4N. The van der Waals surface area contributed by atoms with Crippen molar-refractivity contribution in [3.05, 3.63) is 29.1 Å². The average molecular weight is 219 g/mol. The molecule has 0 unspecified atom stereocenters. The van der Waals surface area contributed by atoms with Gasteiger partial charge in [0.2, 0.25) is 0 Å². The number of halogens is 4. The highest BCUT2D eigenvalue weighted by Crippen LogP contribution is 2.44. The molecule has 0 atom stereocenters. The molecule has 1 heterocycles. The molecule has 82 valence electrons. The van der Waals surface area contributed by atoms with Gasteiger partial charge in [-0.25, -0.2) is 0 Å². The maximum Gasteiger partial charge on any atom is 0.316 e. The van der Waals surface area contributed by atoms with Crippen LogP contribution in [-0.2, 0) is 12.8 Å². The summed E-state index contributed by atoms with van der Waals surface area (Å²) in [5.74, 6) is -7.95. The topological polar surface area (TPSA) is 12.9 Å². The van der Waals surface area contributed by atoms with Crippen molar-refractivity contribution in [3.8, 4) is 0 Å². The molecular weight excluding hydrogens is 210 g/mol. The lowest BCUT2D eigenvalue weighted by Gasteiger charge is -2.32. The lowest BCUT2D eigenvalue weighted by atomic mass is 9.87. The van der Waals surface area contributed by atoms with Gasteiger partial charge in [-0.2, -0.15) is 17.6 Å². The van der Waals surface area contributed by atoms with E-state index < -0.39 is 24.7 Å². The largest absolute Gasteiger partial charge is 0.316 e. The van der Waals surface area contributed by atoms with Gasteiger partial charge >= 0.3 is 11.8 Å². The van der Waals surface area contributed by atoms with E-state index in [0.29, 0.717) is 5.56 Å². The minimum Gasteiger partial charge on any atom is -0.261 e. The van der Waals surface area contributed by atoms with E-state index in [1.807, 2.05) is 0 Å². The van der Waals surface area contributed by atoms with E-state index in [4.69, 9.17) is 0 Å². The fourth-order valence-electron chi connectivity index (χ4n) is 1.73. The second-order valence-corrected chi connectivity index (χ2v) is 3.82. The van der Waals surface area contributed by atoms with Gasteiger partial charge in [0.1, 0.15) is 0 Å². The molecule has 1 aromatic heterocycles. The molecule has 0 N–H and O–H groups in total. The van der Waals surface area contributed by atoms with E-state index in [-0.39, 0.29) is 11.3 Å². The number of nitrogens with zero attached hydrogens (tertiary/aromatic N) is 1. The molecule has 0 amide bonds. The molecule has 1 aromatic rings. The fraction of sp³-hybridized carbons (Fsp3) is 0.500. The number of hydrogen-bond donors (Lipinski definition) is 0. The third-order valence-corrected chi connectivity index (χ3v) is 2.70. The van der Waals surface area contributed by atoms with Crippen molar-refractivity contribution in [1.82, 2.24) is 4.98 Å². The summed E-state index contributed by atoms with van der Waals surface area (Å²) in [6.07, 6.45) is -0.528. The Morgan fingerprint density at radius 3 is 2.40 bits per heavy atom. The van der Waals surface area contributed by atoms with Crippen molar-refractivity contribution in [2.75, 3.05) is 0 Å². The first kappa shape index (κ1) is 10.4. The summed E-state index contributed by atoms with van der Waals surface area (Å²) < 4.78 is 52.1.